The molecule has 0 aliphatic carbocycles. The summed E-state index contributed by atoms with van der Waals surface area (Å²) in [5.74, 6) is 0.510. The highest BCUT2D eigenvalue weighted by molar-refractivity contribution is 9.10. The fourth-order valence-electron chi connectivity index (χ4n) is 2.24. The van der Waals surface area contributed by atoms with Gasteiger partial charge in [0.15, 0.2) is 6.29 Å². The number of benzene rings is 1. The number of nitrogens with zero attached hydrogens (tertiary/aromatic N) is 1. The quantitative estimate of drug-likeness (QED) is 0.763. The van der Waals surface area contributed by atoms with Crippen molar-refractivity contribution in [2.75, 3.05) is 13.1 Å². The fourth-order valence-corrected chi connectivity index (χ4v) is 2.58. The third-order valence-electron chi connectivity index (χ3n) is 3.16. The number of carbonyl (C=O) groups excluding carboxylic acids is 2. The van der Waals surface area contributed by atoms with Gasteiger partial charge in [-0.1, -0.05) is 15.9 Å². The Morgan fingerprint density at radius 1 is 1.36 bits per heavy atom. The van der Waals surface area contributed by atoms with Crippen molar-refractivity contribution >= 4 is 28.3 Å². The number of halogens is 1. The van der Waals surface area contributed by atoms with Crippen LogP contribution in [0, 0.1) is 0 Å². The minimum Gasteiger partial charge on any atom is -0.483 e. The van der Waals surface area contributed by atoms with Crippen molar-refractivity contribution in [3.05, 3.63) is 28.2 Å². The summed E-state index contributed by atoms with van der Waals surface area (Å²) >= 11 is 3.36. The van der Waals surface area contributed by atoms with Crippen molar-refractivity contribution in [3.8, 4) is 5.75 Å². The smallest absolute Gasteiger partial charge is 0.410 e. The summed E-state index contributed by atoms with van der Waals surface area (Å²) in [6.07, 6.45) is 0.411. The molecule has 6 heteroatoms. The van der Waals surface area contributed by atoms with Crippen molar-refractivity contribution in [2.24, 2.45) is 0 Å². The van der Waals surface area contributed by atoms with Crippen molar-refractivity contribution in [1.82, 2.24) is 4.90 Å². The Kier molecular flexibility index (Phi) is 4.52. The van der Waals surface area contributed by atoms with Crippen LogP contribution in [0.3, 0.4) is 0 Å². The SMILES string of the molecule is CC(C)(C)OC(=O)N1CC(C)(Oc2cc(Br)ccc2C=O)C1. The molecular formula is C16H20BrNO4. The van der Waals surface area contributed by atoms with Crippen LogP contribution in [0.4, 0.5) is 4.79 Å². The van der Waals surface area contributed by atoms with Gasteiger partial charge < -0.3 is 14.4 Å². The highest BCUT2D eigenvalue weighted by Gasteiger charge is 2.45. The first-order valence-corrected chi connectivity index (χ1v) is 7.83. The third-order valence-corrected chi connectivity index (χ3v) is 3.65. The molecule has 120 valence electrons. The van der Waals surface area contributed by atoms with E-state index in [1.54, 1.807) is 23.1 Å². The molecule has 0 unspecified atom stereocenters. The zero-order valence-electron chi connectivity index (χ0n) is 13.2. The van der Waals surface area contributed by atoms with E-state index in [4.69, 9.17) is 9.47 Å². The maximum Gasteiger partial charge on any atom is 0.410 e. The van der Waals surface area contributed by atoms with Crippen LogP contribution in [-0.2, 0) is 4.74 Å². The van der Waals surface area contributed by atoms with Crippen molar-refractivity contribution in [3.63, 3.8) is 0 Å². The van der Waals surface area contributed by atoms with Gasteiger partial charge >= 0.3 is 6.09 Å². The molecule has 5 nitrogen and oxygen atoms in total. The first-order valence-electron chi connectivity index (χ1n) is 7.04. The van der Waals surface area contributed by atoms with Gasteiger partial charge in [0.1, 0.15) is 17.0 Å². The lowest BCUT2D eigenvalue weighted by Crippen LogP contribution is -2.65. The average Bonchev–Trinajstić information content (AvgIpc) is 2.34. The van der Waals surface area contributed by atoms with Crippen LogP contribution >= 0.6 is 15.9 Å². The first-order chi connectivity index (χ1) is 10.1. The monoisotopic (exact) mass is 369 g/mol. The fraction of sp³-hybridized carbons (Fsp3) is 0.500. The second kappa shape index (κ2) is 5.91. The van der Waals surface area contributed by atoms with E-state index in [-0.39, 0.29) is 6.09 Å². The van der Waals surface area contributed by atoms with Gasteiger partial charge in [-0.25, -0.2) is 4.79 Å². The molecule has 1 saturated heterocycles. The number of ether oxygens (including phenoxy) is 2. The summed E-state index contributed by atoms with van der Waals surface area (Å²) in [6, 6.07) is 5.23. The zero-order valence-corrected chi connectivity index (χ0v) is 14.8. The molecule has 0 saturated carbocycles. The number of hydrogen-bond acceptors (Lipinski definition) is 4. The van der Waals surface area contributed by atoms with E-state index in [1.807, 2.05) is 27.7 Å². The summed E-state index contributed by atoms with van der Waals surface area (Å²) in [7, 11) is 0. The molecule has 1 aliphatic rings. The molecule has 1 aromatic carbocycles. The normalized spacial score (nSPS) is 16.7. The van der Waals surface area contributed by atoms with Crippen LogP contribution < -0.4 is 4.74 Å². The van der Waals surface area contributed by atoms with Gasteiger partial charge in [-0.2, -0.15) is 0 Å². The Labute approximate surface area is 138 Å². The van der Waals surface area contributed by atoms with Crippen molar-refractivity contribution in [1.29, 1.82) is 0 Å². The van der Waals surface area contributed by atoms with Crippen LogP contribution in [0.2, 0.25) is 0 Å². The number of amides is 1. The molecule has 2 rings (SSSR count). The highest BCUT2D eigenvalue weighted by Crippen LogP contribution is 2.32. The summed E-state index contributed by atoms with van der Waals surface area (Å²) < 4.78 is 12.1. The van der Waals surface area contributed by atoms with Gasteiger partial charge in [0.2, 0.25) is 0 Å². The maximum atomic E-state index is 11.9. The number of rotatable bonds is 3. The van der Waals surface area contributed by atoms with E-state index in [0.717, 1.165) is 10.8 Å². The lowest BCUT2D eigenvalue weighted by Gasteiger charge is -2.47. The molecule has 0 N–H and O–H groups in total. The molecule has 1 aromatic rings. The molecule has 0 spiro atoms. The third kappa shape index (κ3) is 4.00. The molecule has 22 heavy (non-hydrogen) atoms. The largest absolute Gasteiger partial charge is 0.483 e. The van der Waals surface area contributed by atoms with Gasteiger partial charge in [0.05, 0.1) is 18.7 Å². The lowest BCUT2D eigenvalue weighted by molar-refractivity contribution is -0.0713. The van der Waals surface area contributed by atoms with Gasteiger partial charge in [0, 0.05) is 4.47 Å². The molecule has 0 radical (unpaired) electrons. The number of likely N-dealkylation sites (tertiary alicyclic amines) is 1. The Bertz CT molecular complexity index is 588. The van der Waals surface area contributed by atoms with Crippen molar-refractivity contribution in [2.45, 2.75) is 38.9 Å². The molecular weight excluding hydrogens is 350 g/mol. The minimum absolute atomic E-state index is 0.349. The molecule has 1 amide bonds. The van der Waals surface area contributed by atoms with Crippen LogP contribution in [0.5, 0.6) is 5.75 Å². The van der Waals surface area contributed by atoms with Crippen molar-refractivity contribution < 1.29 is 19.1 Å². The van der Waals surface area contributed by atoms with E-state index in [0.29, 0.717) is 24.4 Å². The number of hydrogen-bond donors (Lipinski definition) is 0. The van der Waals surface area contributed by atoms with Gasteiger partial charge in [0.25, 0.3) is 0 Å². The van der Waals surface area contributed by atoms with E-state index in [2.05, 4.69) is 15.9 Å². The lowest BCUT2D eigenvalue weighted by atomic mass is 9.97. The summed E-state index contributed by atoms with van der Waals surface area (Å²) in [4.78, 5) is 24.6. The van der Waals surface area contributed by atoms with E-state index in [9.17, 15) is 9.59 Å². The topological polar surface area (TPSA) is 55.8 Å². The molecule has 1 heterocycles. The van der Waals surface area contributed by atoms with E-state index >= 15 is 0 Å². The second-order valence-electron chi connectivity index (χ2n) is 6.69. The van der Waals surface area contributed by atoms with Crippen LogP contribution in [-0.4, -0.2) is 41.6 Å². The standard InChI is InChI=1S/C16H20BrNO4/c1-15(2,3)22-14(20)18-9-16(4,10-18)21-13-7-12(17)6-5-11(13)8-19/h5-8H,9-10H2,1-4H3. The van der Waals surface area contributed by atoms with Crippen LogP contribution in [0.1, 0.15) is 38.1 Å². The summed E-state index contributed by atoms with van der Waals surface area (Å²) in [5.41, 5.74) is -0.547. The van der Waals surface area contributed by atoms with Gasteiger partial charge in [-0.05, 0) is 45.9 Å². The highest BCUT2D eigenvalue weighted by atomic mass is 79.9. The van der Waals surface area contributed by atoms with E-state index in [1.165, 1.54) is 0 Å². The number of aldehydes is 1. The van der Waals surface area contributed by atoms with Crippen LogP contribution in [0.15, 0.2) is 22.7 Å². The van der Waals surface area contributed by atoms with Gasteiger partial charge in [-0.15, -0.1) is 0 Å². The zero-order chi connectivity index (χ0) is 16.5. The second-order valence-corrected chi connectivity index (χ2v) is 7.60. The van der Waals surface area contributed by atoms with E-state index < -0.39 is 11.2 Å². The Morgan fingerprint density at radius 2 is 2.00 bits per heavy atom. The Balaban J connectivity index is 2.00. The summed E-state index contributed by atoms with van der Waals surface area (Å²) in [5, 5.41) is 0. The minimum atomic E-state index is -0.518. The summed E-state index contributed by atoms with van der Waals surface area (Å²) in [6.45, 7) is 8.25. The Morgan fingerprint density at radius 3 is 2.55 bits per heavy atom. The van der Waals surface area contributed by atoms with Crippen LogP contribution in [0.25, 0.3) is 0 Å². The van der Waals surface area contributed by atoms with Gasteiger partial charge in [-0.3, -0.25) is 4.79 Å². The molecule has 1 fully saturated rings. The predicted molar refractivity (Wildman–Crippen MR) is 86.4 cm³/mol. The molecule has 1 aliphatic heterocycles. The Hall–Kier alpha value is -1.56. The molecule has 0 bridgehead atoms. The predicted octanol–water partition coefficient (Wildman–Crippen LogP) is 3.65. The maximum absolute atomic E-state index is 11.9. The molecule has 0 atom stereocenters. The number of carbonyl (C=O) groups is 2. The first kappa shape index (κ1) is 16.8. The molecule has 0 aromatic heterocycles. The average molecular weight is 370 g/mol.